The Morgan fingerprint density at radius 2 is 0.957 bits per heavy atom. The van der Waals surface area contributed by atoms with Gasteiger partial charge >= 0.3 is 23.6 Å². The van der Waals surface area contributed by atoms with E-state index in [0.717, 1.165) is 18.2 Å². The number of nitrogen functional groups attached to an aromatic ring is 2. The fraction of sp³-hybridized carbons (Fsp3) is 0.378. The monoisotopic (exact) mass is 1020 g/mol. The van der Waals surface area contributed by atoms with Crippen LogP contribution in [0.2, 0.25) is 15.1 Å². The predicted octanol–water partition coefficient (Wildman–Crippen LogP) is 7.10. The van der Waals surface area contributed by atoms with Gasteiger partial charge in [-0.25, -0.2) is 36.9 Å². The summed E-state index contributed by atoms with van der Waals surface area (Å²) in [5.41, 5.74) is 8.22. The molecule has 4 aromatic rings. The largest absolute Gasteiger partial charge is 0.463 e. The van der Waals surface area contributed by atoms with Crippen LogP contribution >= 0.6 is 34.8 Å². The van der Waals surface area contributed by atoms with Gasteiger partial charge in [0.05, 0.1) is 69.1 Å². The van der Waals surface area contributed by atoms with Gasteiger partial charge in [0.25, 0.3) is 5.56 Å². The van der Waals surface area contributed by atoms with Crippen molar-refractivity contribution < 1.29 is 56.3 Å². The van der Waals surface area contributed by atoms with E-state index in [-0.39, 0.29) is 82.5 Å². The highest BCUT2D eigenvalue weighted by atomic mass is 35.5. The van der Waals surface area contributed by atoms with Gasteiger partial charge in [-0.2, -0.15) is 0 Å². The van der Waals surface area contributed by atoms with Crippen LogP contribution in [0.25, 0.3) is 5.69 Å². The van der Waals surface area contributed by atoms with Crippen molar-refractivity contribution in [3.8, 4) is 5.69 Å². The Morgan fingerprint density at radius 3 is 1.30 bits per heavy atom. The molecular weight excluding hydrogens is 978 g/mol. The third-order valence-corrected chi connectivity index (χ3v) is 11.6. The molecule has 0 aliphatic carbocycles. The van der Waals surface area contributed by atoms with Gasteiger partial charge in [0.15, 0.2) is 0 Å². The van der Waals surface area contributed by atoms with Gasteiger partial charge in [-0.1, -0.05) is 50.3 Å². The topological polar surface area (TPSA) is 240 Å². The van der Waals surface area contributed by atoms with Gasteiger partial charge in [-0.15, -0.1) is 0 Å². The number of carbonyl (C=O) groups excluding carboxylic acids is 3. The Balaban J connectivity index is 0.000000199. The SMILES string of the molecule is CCOC(=O)C1(C)CC(c2cc(N)c(F)cc2Cl)=NO1.CCOC(=O)[C@]1(C)CC(c2cc(-n3c(=O)cc(C)n(C)c3=O)c(F)cc2Cl)=NO1.CCOC(=O)[C@]1(C)CC(c2cc(N)c(F)cc2Cl)=NO1. The number of benzene rings is 3. The first-order valence-electron chi connectivity index (χ1n) is 20.9. The zero-order valence-electron chi connectivity index (χ0n) is 38.4. The van der Waals surface area contributed by atoms with Crippen LogP contribution < -0.4 is 22.7 Å². The Morgan fingerprint density at radius 1 is 0.623 bits per heavy atom. The quantitative estimate of drug-likeness (QED) is 0.0917. The average Bonchev–Trinajstić information content (AvgIpc) is 4.02. The molecule has 1 aromatic heterocycles. The Bertz CT molecular complexity index is 2830. The molecule has 3 atom stereocenters. The van der Waals surface area contributed by atoms with Crippen LogP contribution in [-0.2, 0) is 50.2 Å². The van der Waals surface area contributed by atoms with Crippen molar-refractivity contribution in [1.29, 1.82) is 0 Å². The highest BCUT2D eigenvalue weighted by molar-refractivity contribution is 6.35. The summed E-state index contributed by atoms with van der Waals surface area (Å²) in [6, 6.07) is 8.41. The molecule has 0 amide bonds. The van der Waals surface area contributed by atoms with Crippen LogP contribution in [0.5, 0.6) is 0 Å². The van der Waals surface area contributed by atoms with Gasteiger partial charge in [-0.05, 0) is 84.9 Å². The summed E-state index contributed by atoms with van der Waals surface area (Å²) in [6.45, 7) is 12.0. The van der Waals surface area contributed by atoms with Crippen molar-refractivity contribution in [3.05, 3.63) is 118 Å². The number of hydrogen-bond acceptors (Lipinski definition) is 16. The lowest BCUT2D eigenvalue weighted by molar-refractivity contribution is -0.167. The molecule has 0 spiro atoms. The number of rotatable bonds is 10. The fourth-order valence-corrected chi connectivity index (χ4v) is 7.47. The molecule has 0 radical (unpaired) electrons. The number of hydrogen-bond donors (Lipinski definition) is 2. The number of nitrogens with zero attached hydrogens (tertiary/aromatic N) is 5. The molecular formula is C45H47Cl3F3N7O11. The van der Waals surface area contributed by atoms with E-state index in [9.17, 15) is 37.1 Å². The van der Waals surface area contributed by atoms with Crippen molar-refractivity contribution in [2.45, 2.75) is 84.5 Å². The van der Waals surface area contributed by atoms with Gasteiger partial charge in [0.2, 0.25) is 16.8 Å². The smallest absolute Gasteiger partial charge is 0.353 e. The molecule has 4 heterocycles. The van der Waals surface area contributed by atoms with Crippen molar-refractivity contribution in [3.63, 3.8) is 0 Å². The summed E-state index contributed by atoms with van der Waals surface area (Å²) in [7, 11) is 1.47. The predicted molar refractivity (Wildman–Crippen MR) is 250 cm³/mol. The number of aromatic nitrogens is 2. The Kier molecular flexibility index (Phi) is 16.5. The van der Waals surface area contributed by atoms with Crippen LogP contribution in [0.4, 0.5) is 24.5 Å². The summed E-state index contributed by atoms with van der Waals surface area (Å²) < 4.78 is 58.0. The average molecular weight is 1030 g/mol. The lowest BCUT2D eigenvalue weighted by Crippen LogP contribution is -2.39. The summed E-state index contributed by atoms with van der Waals surface area (Å²) in [4.78, 5) is 76.3. The Hall–Kier alpha value is -6.58. The maximum atomic E-state index is 14.6. The maximum Gasteiger partial charge on any atom is 0.353 e. The molecule has 0 saturated heterocycles. The molecule has 370 valence electrons. The van der Waals surface area contributed by atoms with E-state index >= 15 is 0 Å². The summed E-state index contributed by atoms with van der Waals surface area (Å²) in [5, 5.41) is 11.9. The molecule has 7 rings (SSSR count). The van der Waals surface area contributed by atoms with E-state index in [2.05, 4.69) is 15.5 Å². The van der Waals surface area contributed by atoms with E-state index in [1.54, 1.807) is 41.5 Å². The maximum absolute atomic E-state index is 14.6. The van der Waals surface area contributed by atoms with E-state index in [1.807, 2.05) is 0 Å². The van der Waals surface area contributed by atoms with Crippen molar-refractivity contribution >= 4 is 81.2 Å². The molecule has 3 aromatic carbocycles. The minimum absolute atomic E-state index is 0.00121. The number of oxime groups is 3. The lowest BCUT2D eigenvalue weighted by atomic mass is 9.95. The van der Waals surface area contributed by atoms with E-state index in [0.29, 0.717) is 32.8 Å². The number of ether oxygens (including phenoxy) is 3. The summed E-state index contributed by atoms with van der Waals surface area (Å²) in [5.74, 6) is -3.68. The first-order valence-corrected chi connectivity index (χ1v) is 22.0. The van der Waals surface area contributed by atoms with Gasteiger partial charge in [0.1, 0.15) is 17.5 Å². The third-order valence-electron chi connectivity index (χ3n) is 10.7. The summed E-state index contributed by atoms with van der Waals surface area (Å²) in [6.07, 6.45) is 0.380. The highest BCUT2D eigenvalue weighted by Crippen LogP contribution is 2.35. The molecule has 0 saturated carbocycles. The molecule has 4 N–H and O–H groups in total. The number of carbonyl (C=O) groups is 3. The second-order valence-corrected chi connectivity index (χ2v) is 17.3. The van der Waals surface area contributed by atoms with E-state index in [4.69, 9.17) is 75.0 Å². The normalized spacial score (nSPS) is 20.1. The zero-order chi connectivity index (χ0) is 51.3. The van der Waals surface area contributed by atoms with E-state index < -0.39 is 63.4 Å². The summed E-state index contributed by atoms with van der Waals surface area (Å²) >= 11 is 18.1. The molecule has 1 unspecified atom stereocenters. The van der Waals surface area contributed by atoms with Gasteiger partial charge in [-0.3, -0.25) is 4.79 Å². The second-order valence-electron chi connectivity index (χ2n) is 16.1. The molecule has 3 aliphatic heterocycles. The molecule has 18 nitrogen and oxygen atoms in total. The molecule has 3 aliphatic rings. The van der Waals surface area contributed by atoms with Crippen LogP contribution in [0.15, 0.2) is 67.5 Å². The standard InChI is InChI=1S/C19H19ClFN3O5.2C13H14ClFN2O3/c1-5-28-17(26)19(3)9-14(22-29-19)11-7-15(13(21)8-12(11)20)24-16(25)6-10(2)23(4)18(24)27;2*1-3-19-12(18)13(2)6-11(17-20-13)7-4-10(16)9(15)5-8(7)14/h6-8H,5,9H2,1-4H3;2*4-5H,3,6,16H2,1-2H3/t19-;13-;/m00./s1. The van der Waals surface area contributed by atoms with Crippen molar-refractivity contribution in [2.75, 3.05) is 31.3 Å². The van der Waals surface area contributed by atoms with Crippen molar-refractivity contribution in [1.82, 2.24) is 9.13 Å². The van der Waals surface area contributed by atoms with Gasteiger partial charge < -0.3 is 44.8 Å². The number of anilines is 2. The fourth-order valence-electron chi connectivity index (χ4n) is 6.69. The Labute approximate surface area is 407 Å². The minimum atomic E-state index is -1.35. The lowest BCUT2D eigenvalue weighted by Gasteiger charge is -2.18. The van der Waals surface area contributed by atoms with Crippen LogP contribution in [0, 0.1) is 24.4 Å². The number of nitrogens with two attached hydrogens (primary N) is 2. The first kappa shape index (κ1) is 53.4. The first-order chi connectivity index (χ1) is 32.3. The highest BCUT2D eigenvalue weighted by Gasteiger charge is 2.46. The number of halogens is 6. The number of esters is 3. The van der Waals surface area contributed by atoms with Crippen molar-refractivity contribution in [2.24, 2.45) is 22.5 Å². The second kappa shape index (κ2) is 21.4. The molecule has 24 heteroatoms. The van der Waals surface area contributed by atoms with Crippen LogP contribution in [0.3, 0.4) is 0 Å². The van der Waals surface area contributed by atoms with Crippen LogP contribution in [-0.4, -0.2) is 80.8 Å². The molecule has 69 heavy (non-hydrogen) atoms. The number of aryl methyl sites for hydroxylation is 1. The van der Waals surface area contributed by atoms with Gasteiger partial charge in [0, 0.05) is 54.8 Å². The molecule has 0 fully saturated rings. The van der Waals surface area contributed by atoms with Crippen LogP contribution in [0.1, 0.15) is 83.2 Å². The van der Waals surface area contributed by atoms with E-state index in [1.165, 1.54) is 42.8 Å². The zero-order valence-corrected chi connectivity index (χ0v) is 40.7. The minimum Gasteiger partial charge on any atom is -0.463 e. The molecule has 0 bridgehead atoms. The third kappa shape index (κ3) is 11.5.